The average molecular weight is 169 g/mol. The molecule has 0 spiro atoms. The molecule has 0 amide bonds. The molecular weight excluding hydrogens is 158 g/mol. The quantitative estimate of drug-likeness (QED) is 0.653. The maximum atomic E-state index is 9.84. The van der Waals surface area contributed by atoms with Crippen LogP contribution in [0.4, 0.5) is 0 Å². The Balaban J connectivity index is 2.28. The van der Waals surface area contributed by atoms with Crippen molar-refractivity contribution < 1.29 is 5.11 Å². The third-order valence-electron chi connectivity index (χ3n) is 2.02. The highest BCUT2D eigenvalue weighted by Crippen LogP contribution is 2.30. The molecule has 2 rings (SSSR count). The molecule has 1 aromatic rings. The summed E-state index contributed by atoms with van der Waals surface area (Å²) in [4.78, 5) is 1.09. The highest BCUT2D eigenvalue weighted by Gasteiger charge is 2.37. The second-order valence-corrected chi connectivity index (χ2v) is 4.03. The van der Waals surface area contributed by atoms with Gasteiger partial charge in [-0.15, -0.1) is 11.3 Å². The predicted molar refractivity (Wildman–Crippen MR) is 45.8 cm³/mol. The predicted octanol–water partition coefficient (Wildman–Crippen LogP) is 0.847. The molecular formula is C8H11NOS. The Morgan fingerprint density at radius 2 is 2.36 bits per heavy atom. The SMILES string of the molecule is Cc1csc(C2(O)CNC2)c1. The second-order valence-electron chi connectivity index (χ2n) is 3.12. The Hall–Kier alpha value is -0.380. The molecule has 0 radical (unpaired) electrons. The van der Waals surface area contributed by atoms with Gasteiger partial charge >= 0.3 is 0 Å². The van der Waals surface area contributed by atoms with E-state index in [-0.39, 0.29) is 0 Å². The fourth-order valence-electron chi connectivity index (χ4n) is 1.21. The first kappa shape index (κ1) is 7.28. The number of thiophene rings is 1. The third-order valence-corrected chi connectivity index (χ3v) is 3.27. The number of hydrogen-bond acceptors (Lipinski definition) is 3. The van der Waals surface area contributed by atoms with E-state index in [2.05, 4.69) is 23.7 Å². The molecule has 1 aromatic heterocycles. The van der Waals surface area contributed by atoms with Crippen molar-refractivity contribution in [3.63, 3.8) is 0 Å². The zero-order valence-corrected chi connectivity index (χ0v) is 7.24. The van der Waals surface area contributed by atoms with Gasteiger partial charge < -0.3 is 10.4 Å². The van der Waals surface area contributed by atoms with E-state index in [1.807, 2.05) is 0 Å². The van der Waals surface area contributed by atoms with Crippen molar-refractivity contribution >= 4 is 11.3 Å². The zero-order valence-electron chi connectivity index (χ0n) is 6.42. The first-order valence-electron chi connectivity index (χ1n) is 3.69. The van der Waals surface area contributed by atoms with Crippen LogP contribution in [0, 0.1) is 6.92 Å². The Bertz CT molecular complexity index is 265. The van der Waals surface area contributed by atoms with E-state index in [0.717, 1.165) is 4.88 Å². The summed E-state index contributed by atoms with van der Waals surface area (Å²) in [5.74, 6) is 0. The van der Waals surface area contributed by atoms with Gasteiger partial charge in [0.05, 0.1) is 0 Å². The van der Waals surface area contributed by atoms with Crippen LogP contribution < -0.4 is 5.32 Å². The lowest BCUT2D eigenvalue weighted by Crippen LogP contribution is -2.56. The van der Waals surface area contributed by atoms with E-state index in [0.29, 0.717) is 13.1 Å². The first-order valence-corrected chi connectivity index (χ1v) is 4.57. The van der Waals surface area contributed by atoms with E-state index < -0.39 is 5.60 Å². The number of aliphatic hydroxyl groups is 1. The standard InChI is InChI=1S/C8H11NOS/c1-6-2-7(11-3-6)8(10)4-9-5-8/h2-3,9-10H,4-5H2,1H3. The summed E-state index contributed by atoms with van der Waals surface area (Å²) in [5.41, 5.74) is 0.684. The van der Waals surface area contributed by atoms with Crippen molar-refractivity contribution in [2.45, 2.75) is 12.5 Å². The van der Waals surface area contributed by atoms with Crippen molar-refractivity contribution in [2.24, 2.45) is 0 Å². The Morgan fingerprint density at radius 1 is 1.64 bits per heavy atom. The lowest BCUT2D eigenvalue weighted by molar-refractivity contribution is -0.0112. The summed E-state index contributed by atoms with van der Waals surface area (Å²) in [6, 6.07) is 2.06. The normalized spacial score (nSPS) is 21.3. The first-order chi connectivity index (χ1) is 5.21. The highest BCUT2D eigenvalue weighted by atomic mass is 32.1. The van der Waals surface area contributed by atoms with E-state index in [9.17, 15) is 5.11 Å². The van der Waals surface area contributed by atoms with Crippen LogP contribution in [0.3, 0.4) is 0 Å². The summed E-state index contributed by atoms with van der Waals surface area (Å²) < 4.78 is 0. The Morgan fingerprint density at radius 3 is 2.73 bits per heavy atom. The van der Waals surface area contributed by atoms with Crippen LogP contribution in [-0.2, 0) is 5.60 Å². The van der Waals surface area contributed by atoms with Crippen molar-refractivity contribution in [2.75, 3.05) is 13.1 Å². The average Bonchev–Trinajstić information content (AvgIpc) is 2.31. The largest absolute Gasteiger partial charge is 0.382 e. The molecule has 3 heteroatoms. The molecule has 1 saturated heterocycles. The van der Waals surface area contributed by atoms with E-state index in [1.54, 1.807) is 11.3 Å². The van der Waals surface area contributed by atoms with Crippen LogP contribution in [0.5, 0.6) is 0 Å². The molecule has 2 N–H and O–H groups in total. The number of aryl methyl sites for hydroxylation is 1. The number of rotatable bonds is 1. The number of nitrogens with one attached hydrogen (secondary N) is 1. The third kappa shape index (κ3) is 1.09. The fourth-order valence-corrected chi connectivity index (χ4v) is 2.21. The smallest absolute Gasteiger partial charge is 0.123 e. The maximum absolute atomic E-state index is 9.84. The lowest BCUT2D eigenvalue weighted by Gasteiger charge is -2.36. The second kappa shape index (κ2) is 2.30. The minimum atomic E-state index is -0.557. The van der Waals surface area contributed by atoms with E-state index in [1.165, 1.54) is 5.56 Å². The Labute approximate surface area is 69.9 Å². The van der Waals surface area contributed by atoms with Crippen LogP contribution in [0.2, 0.25) is 0 Å². The molecule has 0 saturated carbocycles. The number of β-amino-alcohol motifs (C(OH)–C–C–N with tert-alkyl or cyclic N) is 1. The van der Waals surface area contributed by atoms with Crippen molar-refractivity contribution in [1.82, 2.24) is 5.32 Å². The molecule has 2 nitrogen and oxygen atoms in total. The van der Waals surface area contributed by atoms with E-state index in [4.69, 9.17) is 0 Å². The molecule has 1 aliphatic rings. The van der Waals surface area contributed by atoms with Crippen LogP contribution in [0.1, 0.15) is 10.4 Å². The summed E-state index contributed by atoms with van der Waals surface area (Å²) >= 11 is 1.64. The molecule has 0 atom stereocenters. The molecule has 0 bridgehead atoms. The molecule has 2 heterocycles. The van der Waals surface area contributed by atoms with Gasteiger partial charge in [-0.1, -0.05) is 0 Å². The van der Waals surface area contributed by atoms with Gasteiger partial charge in [-0.3, -0.25) is 0 Å². The van der Waals surface area contributed by atoms with Crippen molar-refractivity contribution in [3.8, 4) is 0 Å². The van der Waals surface area contributed by atoms with Crippen LogP contribution in [-0.4, -0.2) is 18.2 Å². The topological polar surface area (TPSA) is 32.3 Å². The molecule has 0 aromatic carbocycles. The molecule has 0 aliphatic carbocycles. The minimum absolute atomic E-state index is 0.557. The summed E-state index contributed by atoms with van der Waals surface area (Å²) in [5, 5.41) is 15.0. The van der Waals surface area contributed by atoms with Gasteiger partial charge in [0.15, 0.2) is 0 Å². The van der Waals surface area contributed by atoms with Gasteiger partial charge in [0.1, 0.15) is 5.60 Å². The molecule has 0 unspecified atom stereocenters. The minimum Gasteiger partial charge on any atom is -0.382 e. The van der Waals surface area contributed by atoms with E-state index >= 15 is 0 Å². The summed E-state index contributed by atoms with van der Waals surface area (Å²) in [6.07, 6.45) is 0. The van der Waals surface area contributed by atoms with Crippen LogP contribution >= 0.6 is 11.3 Å². The lowest BCUT2D eigenvalue weighted by atomic mass is 9.95. The zero-order chi connectivity index (χ0) is 7.90. The molecule has 60 valence electrons. The fraction of sp³-hybridized carbons (Fsp3) is 0.500. The molecule has 11 heavy (non-hydrogen) atoms. The van der Waals surface area contributed by atoms with Crippen LogP contribution in [0.15, 0.2) is 11.4 Å². The van der Waals surface area contributed by atoms with Crippen LogP contribution in [0.25, 0.3) is 0 Å². The van der Waals surface area contributed by atoms with Crippen molar-refractivity contribution in [3.05, 3.63) is 21.9 Å². The maximum Gasteiger partial charge on any atom is 0.123 e. The van der Waals surface area contributed by atoms with Gasteiger partial charge in [0.2, 0.25) is 0 Å². The van der Waals surface area contributed by atoms with Gasteiger partial charge in [-0.05, 0) is 23.9 Å². The molecule has 1 fully saturated rings. The van der Waals surface area contributed by atoms with Gasteiger partial charge in [0.25, 0.3) is 0 Å². The summed E-state index contributed by atoms with van der Waals surface area (Å²) in [6.45, 7) is 3.45. The Kier molecular flexibility index (Phi) is 1.52. The molecule has 1 aliphatic heterocycles. The number of hydrogen-bond donors (Lipinski definition) is 2. The summed E-state index contributed by atoms with van der Waals surface area (Å²) in [7, 11) is 0. The highest BCUT2D eigenvalue weighted by molar-refractivity contribution is 7.10. The van der Waals surface area contributed by atoms with Crippen molar-refractivity contribution in [1.29, 1.82) is 0 Å². The van der Waals surface area contributed by atoms with Gasteiger partial charge in [0, 0.05) is 18.0 Å². The monoisotopic (exact) mass is 169 g/mol. The van der Waals surface area contributed by atoms with Gasteiger partial charge in [-0.25, -0.2) is 0 Å². The van der Waals surface area contributed by atoms with Gasteiger partial charge in [-0.2, -0.15) is 0 Å².